The van der Waals surface area contributed by atoms with Crippen molar-refractivity contribution in [1.29, 1.82) is 0 Å². The summed E-state index contributed by atoms with van der Waals surface area (Å²) < 4.78 is 2.02. The van der Waals surface area contributed by atoms with Crippen LogP contribution >= 0.6 is 11.3 Å². The molecule has 3 aromatic heterocycles. The minimum absolute atomic E-state index is 0.924. The van der Waals surface area contributed by atoms with Gasteiger partial charge in [-0.3, -0.25) is 0 Å². The maximum Gasteiger partial charge on any atom is 0.150 e. The summed E-state index contributed by atoms with van der Waals surface area (Å²) in [6.45, 7) is 0. The number of fused-ring (bicyclic) bond motifs is 1. The summed E-state index contributed by atoms with van der Waals surface area (Å²) in [4.78, 5) is 4.41. The topological polar surface area (TPSA) is 43.6 Å². The molecule has 4 rings (SSSR count). The number of hydrogen-bond donors (Lipinski definition) is 0. The summed E-state index contributed by atoms with van der Waals surface area (Å²) in [5.41, 5.74) is 3.14. The molecule has 0 saturated carbocycles. The molecule has 0 N–H and O–H groups in total. The van der Waals surface area contributed by atoms with E-state index >= 15 is 0 Å². The Morgan fingerprint density at radius 1 is 0.952 bits per heavy atom. The minimum atomic E-state index is 0.924. The average Bonchev–Trinajstić information content (AvgIpc) is 3.14. The molecule has 0 spiro atoms. The summed E-state index contributed by atoms with van der Waals surface area (Å²) >= 11 is 1.60. The molecule has 0 atom stereocenters. The van der Waals surface area contributed by atoms with Crippen LogP contribution < -0.4 is 0 Å². The highest BCUT2D eigenvalue weighted by molar-refractivity contribution is 7.18. The largest absolute Gasteiger partial charge is 0.335 e. The van der Waals surface area contributed by atoms with Crippen molar-refractivity contribution >= 4 is 22.4 Å². The van der Waals surface area contributed by atoms with Gasteiger partial charge >= 0.3 is 0 Å². The molecular formula is C16H12N4S. The van der Waals surface area contributed by atoms with Crippen molar-refractivity contribution in [1.82, 2.24) is 19.7 Å². The van der Waals surface area contributed by atoms with Crippen molar-refractivity contribution in [3.05, 3.63) is 54.9 Å². The second-order valence-electron chi connectivity index (χ2n) is 4.81. The Bertz CT molecular complexity index is 908. The van der Waals surface area contributed by atoms with Crippen LogP contribution in [0.2, 0.25) is 0 Å². The van der Waals surface area contributed by atoms with Crippen molar-refractivity contribution in [2.75, 3.05) is 0 Å². The molecule has 3 heterocycles. The highest BCUT2D eigenvalue weighted by Gasteiger charge is 2.14. The molecule has 0 amide bonds. The second kappa shape index (κ2) is 4.79. The van der Waals surface area contributed by atoms with Crippen LogP contribution in [-0.2, 0) is 7.05 Å². The molecule has 1 aromatic carbocycles. The zero-order chi connectivity index (χ0) is 14.2. The molecule has 4 nitrogen and oxygen atoms in total. The monoisotopic (exact) mass is 292 g/mol. The average molecular weight is 292 g/mol. The fraction of sp³-hybridized carbons (Fsp3) is 0.0625. The molecule has 0 unspecified atom stereocenters. The van der Waals surface area contributed by atoms with Gasteiger partial charge in [0.1, 0.15) is 15.7 Å². The number of pyridine rings is 1. The van der Waals surface area contributed by atoms with Gasteiger partial charge in [-0.25, -0.2) is 4.98 Å². The molecule has 21 heavy (non-hydrogen) atoms. The van der Waals surface area contributed by atoms with Gasteiger partial charge in [0.15, 0.2) is 0 Å². The Morgan fingerprint density at radius 3 is 2.62 bits per heavy atom. The van der Waals surface area contributed by atoms with E-state index in [0.717, 1.165) is 32.2 Å². The van der Waals surface area contributed by atoms with Crippen molar-refractivity contribution in [3.63, 3.8) is 0 Å². The summed E-state index contributed by atoms with van der Waals surface area (Å²) in [6, 6.07) is 14.1. The van der Waals surface area contributed by atoms with Gasteiger partial charge in [0.2, 0.25) is 0 Å². The summed E-state index contributed by atoms with van der Waals surface area (Å²) in [5, 5.41) is 11.6. The maximum absolute atomic E-state index is 4.41. The van der Waals surface area contributed by atoms with E-state index in [1.54, 1.807) is 11.3 Å². The molecule has 0 aliphatic carbocycles. The van der Waals surface area contributed by atoms with E-state index in [9.17, 15) is 0 Å². The molecule has 0 saturated heterocycles. The van der Waals surface area contributed by atoms with E-state index in [1.807, 2.05) is 42.1 Å². The molecule has 5 heteroatoms. The van der Waals surface area contributed by atoms with Gasteiger partial charge in [0, 0.05) is 36.0 Å². The van der Waals surface area contributed by atoms with Gasteiger partial charge in [0.25, 0.3) is 0 Å². The zero-order valence-electron chi connectivity index (χ0n) is 11.4. The third kappa shape index (κ3) is 2.02. The van der Waals surface area contributed by atoms with Gasteiger partial charge in [-0.05, 0) is 12.1 Å². The first kappa shape index (κ1) is 12.2. The van der Waals surface area contributed by atoms with Crippen molar-refractivity contribution in [3.8, 4) is 21.1 Å². The molecule has 0 aliphatic rings. The SMILES string of the molecule is Cn1cc(-c2nnc(-c3ccccc3)s2)c2cccnc21. The predicted octanol–water partition coefficient (Wildman–Crippen LogP) is 3.76. The summed E-state index contributed by atoms with van der Waals surface area (Å²) in [6.07, 6.45) is 3.87. The number of rotatable bonds is 2. The van der Waals surface area contributed by atoms with Crippen molar-refractivity contribution in [2.45, 2.75) is 0 Å². The Kier molecular flexibility index (Phi) is 2.79. The van der Waals surface area contributed by atoms with Crippen LogP contribution in [0.5, 0.6) is 0 Å². The van der Waals surface area contributed by atoms with E-state index in [4.69, 9.17) is 0 Å². The molecular weight excluding hydrogens is 280 g/mol. The Hall–Kier alpha value is -2.53. The first-order chi connectivity index (χ1) is 10.3. The summed E-state index contributed by atoms with van der Waals surface area (Å²) in [5.74, 6) is 0. The lowest BCUT2D eigenvalue weighted by Gasteiger charge is -1.93. The van der Waals surface area contributed by atoms with Gasteiger partial charge in [-0.15, -0.1) is 10.2 Å². The standard InChI is InChI=1S/C16H12N4S/c1-20-10-13(12-8-5-9-17-14(12)20)16-19-18-15(21-16)11-6-3-2-4-7-11/h2-10H,1H3. The molecule has 0 fully saturated rings. The Balaban J connectivity index is 1.85. The van der Waals surface area contributed by atoms with Crippen LogP contribution in [0, 0.1) is 0 Å². The Labute approximate surface area is 125 Å². The van der Waals surface area contributed by atoms with Crippen LogP contribution in [-0.4, -0.2) is 19.7 Å². The second-order valence-corrected chi connectivity index (χ2v) is 5.78. The molecule has 102 valence electrons. The third-order valence-electron chi connectivity index (χ3n) is 3.41. The van der Waals surface area contributed by atoms with Crippen LogP contribution in [0.25, 0.3) is 32.2 Å². The fourth-order valence-corrected chi connectivity index (χ4v) is 3.29. The highest BCUT2D eigenvalue weighted by atomic mass is 32.1. The lowest BCUT2D eigenvalue weighted by molar-refractivity contribution is 0.948. The number of hydrogen-bond acceptors (Lipinski definition) is 4. The van der Waals surface area contributed by atoms with Crippen molar-refractivity contribution in [2.24, 2.45) is 7.05 Å². The van der Waals surface area contributed by atoms with E-state index < -0.39 is 0 Å². The van der Waals surface area contributed by atoms with Gasteiger partial charge in [0.05, 0.1) is 0 Å². The number of aryl methyl sites for hydroxylation is 1. The molecule has 4 aromatic rings. The minimum Gasteiger partial charge on any atom is -0.335 e. The van der Waals surface area contributed by atoms with E-state index in [-0.39, 0.29) is 0 Å². The smallest absolute Gasteiger partial charge is 0.150 e. The normalized spacial score (nSPS) is 11.1. The maximum atomic E-state index is 4.41. The Morgan fingerprint density at radius 2 is 1.76 bits per heavy atom. The van der Waals surface area contributed by atoms with Gasteiger partial charge in [-0.1, -0.05) is 41.7 Å². The number of benzene rings is 1. The van der Waals surface area contributed by atoms with Crippen LogP contribution in [0.1, 0.15) is 0 Å². The molecule has 0 aliphatic heterocycles. The predicted molar refractivity (Wildman–Crippen MR) is 85.1 cm³/mol. The van der Waals surface area contributed by atoms with Crippen LogP contribution in [0.4, 0.5) is 0 Å². The first-order valence-electron chi connectivity index (χ1n) is 6.62. The quantitative estimate of drug-likeness (QED) is 0.565. The van der Waals surface area contributed by atoms with E-state index in [2.05, 4.69) is 39.6 Å². The lowest BCUT2D eigenvalue weighted by atomic mass is 10.2. The molecule has 0 radical (unpaired) electrons. The van der Waals surface area contributed by atoms with Crippen LogP contribution in [0.15, 0.2) is 54.9 Å². The van der Waals surface area contributed by atoms with Crippen LogP contribution in [0.3, 0.4) is 0 Å². The van der Waals surface area contributed by atoms with E-state index in [1.165, 1.54) is 0 Å². The van der Waals surface area contributed by atoms with Gasteiger partial charge < -0.3 is 4.57 Å². The number of aromatic nitrogens is 4. The fourth-order valence-electron chi connectivity index (χ4n) is 2.41. The van der Waals surface area contributed by atoms with Gasteiger partial charge in [-0.2, -0.15) is 0 Å². The first-order valence-corrected chi connectivity index (χ1v) is 7.44. The highest BCUT2D eigenvalue weighted by Crippen LogP contribution is 2.34. The summed E-state index contributed by atoms with van der Waals surface area (Å²) in [7, 11) is 2.00. The zero-order valence-corrected chi connectivity index (χ0v) is 12.2. The lowest BCUT2D eigenvalue weighted by Crippen LogP contribution is -1.85. The van der Waals surface area contributed by atoms with Crippen molar-refractivity contribution < 1.29 is 0 Å². The number of nitrogens with zero attached hydrogens (tertiary/aromatic N) is 4. The van der Waals surface area contributed by atoms with E-state index in [0.29, 0.717) is 0 Å². The third-order valence-corrected chi connectivity index (χ3v) is 4.42. The molecule has 0 bridgehead atoms.